The Labute approximate surface area is 128 Å². The number of carbonyl (C=O) groups excluding carboxylic acids is 1. The molecule has 0 N–H and O–H groups in total. The first-order valence-electron chi connectivity index (χ1n) is 6.96. The number of thioether (sulfide) groups is 1. The summed E-state index contributed by atoms with van der Waals surface area (Å²) in [6.07, 6.45) is 2.74. The minimum Gasteiger partial charge on any atom is -0.465 e. The third-order valence-corrected chi connectivity index (χ3v) is 4.06. The Hall–Kier alpha value is -1.76. The topological polar surface area (TPSA) is 61.9 Å². The molecule has 0 aliphatic heterocycles. The van der Waals surface area contributed by atoms with E-state index in [2.05, 4.69) is 20.8 Å². The molecule has 0 unspecified atom stereocenters. The lowest BCUT2D eigenvalue weighted by molar-refractivity contribution is -0.139. The number of aromatic nitrogens is 4. The molecule has 0 bridgehead atoms. The Kier molecular flexibility index (Phi) is 5.44. The van der Waals surface area contributed by atoms with E-state index in [9.17, 15) is 4.79 Å². The van der Waals surface area contributed by atoms with Gasteiger partial charge >= 0.3 is 5.97 Å². The summed E-state index contributed by atoms with van der Waals surface area (Å²) >= 11 is 1.37. The van der Waals surface area contributed by atoms with Gasteiger partial charge in [0.1, 0.15) is 5.82 Å². The second kappa shape index (κ2) is 7.31. The minimum absolute atomic E-state index is 0.225. The molecule has 2 heterocycles. The molecular formula is C14H20N4O2S. The van der Waals surface area contributed by atoms with E-state index >= 15 is 0 Å². The maximum absolute atomic E-state index is 11.4. The first-order valence-corrected chi connectivity index (χ1v) is 7.95. The molecule has 0 amide bonds. The van der Waals surface area contributed by atoms with Crippen molar-refractivity contribution in [1.82, 2.24) is 19.3 Å². The number of hydrogen-bond donors (Lipinski definition) is 0. The molecule has 2 aromatic heterocycles. The summed E-state index contributed by atoms with van der Waals surface area (Å²) in [6, 6.07) is 4.08. The van der Waals surface area contributed by atoms with Crippen molar-refractivity contribution in [3.63, 3.8) is 0 Å². The third-order valence-electron chi connectivity index (χ3n) is 3.12. The molecule has 7 heteroatoms. The van der Waals surface area contributed by atoms with Crippen LogP contribution in [0.4, 0.5) is 0 Å². The summed E-state index contributed by atoms with van der Waals surface area (Å²) in [5, 5.41) is 9.20. The molecule has 0 fully saturated rings. The van der Waals surface area contributed by atoms with Crippen LogP contribution < -0.4 is 0 Å². The van der Waals surface area contributed by atoms with E-state index in [0.29, 0.717) is 6.61 Å². The standard InChI is InChI=1S/C14H20N4O2S/c1-4-18-12(9-11-7-6-8-17(11)3)15-16-14(18)21-10-13(19)20-5-2/h6-8H,4-5,9-10H2,1-3H3. The Morgan fingerprint density at radius 3 is 2.81 bits per heavy atom. The van der Waals surface area contributed by atoms with E-state index in [4.69, 9.17) is 4.74 Å². The zero-order valence-electron chi connectivity index (χ0n) is 12.6. The summed E-state index contributed by atoms with van der Waals surface area (Å²) in [6.45, 7) is 5.03. The molecule has 6 nitrogen and oxygen atoms in total. The highest BCUT2D eigenvalue weighted by atomic mass is 32.2. The molecule has 0 aromatic carbocycles. The van der Waals surface area contributed by atoms with Gasteiger partial charge in [-0.05, 0) is 26.0 Å². The lowest BCUT2D eigenvalue weighted by Gasteiger charge is -2.07. The quantitative estimate of drug-likeness (QED) is 0.577. The predicted octanol–water partition coefficient (Wildman–Crippen LogP) is 1.88. The van der Waals surface area contributed by atoms with Crippen LogP contribution in [0.25, 0.3) is 0 Å². The highest BCUT2D eigenvalue weighted by Crippen LogP contribution is 2.19. The second-order valence-electron chi connectivity index (χ2n) is 4.52. The van der Waals surface area contributed by atoms with Gasteiger partial charge in [-0.3, -0.25) is 4.79 Å². The van der Waals surface area contributed by atoms with Gasteiger partial charge in [0.05, 0.1) is 12.4 Å². The Balaban J connectivity index is 2.07. The fourth-order valence-electron chi connectivity index (χ4n) is 2.04. The van der Waals surface area contributed by atoms with Crippen LogP contribution in [0.15, 0.2) is 23.5 Å². The smallest absolute Gasteiger partial charge is 0.316 e. The molecule has 0 atom stereocenters. The van der Waals surface area contributed by atoms with Gasteiger partial charge in [0.15, 0.2) is 5.16 Å². The maximum atomic E-state index is 11.4. The van der Waals surface area contributed by atoms with Crippen molar-refractivity contribution in [2.45, 2.75) is 32.0 Å². The molecule has 0 aliphatic carbocycles. The monoisotopic (exact) mass is 308 g/mol. The van der Waals surface area contributed by atoms with Gasteiger partial charge in [-0.2, -0.15) is 0 Å². The van der Waals surface area contributed by atoms with Gasteiger partial charge < -0.3 is 13.9 Å². The van der Waals surface area contributed by atoms with E-state index in [1.165, 1.54) is 17.5 Å². The van der Waals surface area contributed by atoms with Crippen molar-refractivity contribution in [2.24, 2.45) is 7.05 Å². The van der Waals surface area contributed by atoms with Gasteiger partial charge in [0.2, 0.25) is 0 Å². The Morgan fingerprint density at radius 2 is 2.19 bits per heavy atom. The van der Waals surface area contributed by atoms with Crippen molar-refractivity contribution in [2.75, 3.05) is 12.4 Å². The van der Waals surface area contributed by atoms with Crippen molar-refractivity contribution < 1.29 is 9.53 Å². The fraction of sp³-hybridized carbons (Fsp3) is 0.500. The van der Waals surface area contributed by atoms with Crippen LogP contribution in [0.2, 0.25) is 0 Å². The molecule has 21 heavy (non-hydrogen) atoms. The van der Waals surface area contributed by atoms with Crippen molar-refractivity contribution >= 4 is 17.7 Å². The van der Waals surface area contributed by atoms with Crippen molar-refractivity contribution in [3.8, 4) is 0 Å². The molecule has 0 aliphatic rings. The highest BCUT2D eigenvalue weighted by Gasteiger charge is 2.14. The van der Waals surface area contributed by atoms with Crippen LogP contribution in [0.5, 0.6) is 0 Å². The fourth-order valence-corrected chi connectivity index (χ4v) is 2.86. The zero-order chi connectivity index (χ0) is 15.2. The molecule has 0 saturated carbocycles. The summed E-state index contributed by atoms with van der Waals surface area (Å²) in [5.74, 6) is 0.943. The predicted molar refractivity (Wildman–Crippen MR) is 81.3 cm³/mol. The van der Waals surface area contributed by atoms with E-state index in [-0.39, 0.29) is 11.7 Å². The SMILES string of the molecule is CCOC(=O)CSc1nnc(Cc2cccn2C)n1CC. The normalized spacial score (nSPS) is 10.8. The molecule has 0 saturated heterocycles. The van der Waals surface area contributed by atoms with Crippen molar-refractivity contribution in [1.29, 1.82) is 0 Å². The van der Waals surface area contributed by atoms with Gasteiger partial charge in [-0.1, -0.05) is 11.8 Å². The second-order valence-corrected chi connectivity index (χ2v) is 5.47. The van der Waals surface area contributed by atoms with E-state index in [1.54, 1.807) is 6.92 Å². The largest absolute Gasteiger partial charge is 0.465 e. The zero-order valence-corrected chi connectivity index (χ0v) is 13.4. The van der Waals surface area contributed by atoms with Crippen LogP contribution >= 0.6 is 11.8 Å². The van der Waals surface area contributed by atoms with Crippen molar-refractivity contribution in [3.05, 3.63) is 29.8 Å². The Bertz CT molecular complexity index is 606. The first kappa shape index (κ1) is 15.6. The molecule has 0 spiro atoms. The van der Waals surface area contributed by atoms with Crippen LogP contribution in [0.3, 0.4) is 0 Å². The van der Waals surface area contributed by atoms with Gasteiger partial charge in [0, 0.05) is 31.9 Å². The molecule has 114 valence electrons. The number of nitrogens with zero attached hydrogens (tertiary/aromatic N) is 4. The molecule has 2 rings (SSSR count). The average Bonchev–Trinajstić information content (AvgIpc) is 3.04. The van der Waals surface area contributed by atoms with E-state index < -0.39 is 0 Å². The molecule has 2 aromatic rings. The maximum Gasteiger partial charge on any atom is 0.316 e. The van der Waals surface area contributed by atoms with Crippen LogP contribution in [0, 0.1) is 0 Å². The number of hydrogen-bond acceptors (Lipinski definition) is 5. The average molecular weight is 308 g/mol. The minimum atomic E-state index is -0.225. The van der Waals surface area contributed by atoms with Crippen LogP contribution in [-0.2, 0) is 29.5 Å². The lowest BCUT2D eigenvalue weighted by atomic mass is 10.3. The number of rotatable bonds is 7. The highest BCUT2D eigenvalue weighted by molar-refractivity contribution is 7.99. The van der Waals surface area contributed by atoms with Gasteiger partial charge in [-0.25, -0.2) is 0 Å². The van der Waals surface area contributed by atoms with E-state index in [1.807, 2.05) is 30.8 Å². The summed E-state index contributed by atoms with van der Waals surface area (Å²) < 4.78 is 9.03. The number of aryl methyl sites for hydroxylation is 1. The molecular weight excluding hydrogens is 288 g/mol. The summed E-state index contributed by atoms with van der Waals surface area (Å²) in [4.78, 5) is 11.4. The summed E-state index contributed by atoms with van der Waals surface area (Å²) in [7, 11) is 2.01. The number of ether oxygens (including phenoxy) is 1. The summed E-state index contributed by atoms with van der Waals surface area (Å²) in [5.41, 5.74) is 1.18. The number of carbonyl (C=O) groups is 1. The molecule has 0 radical (unpaired) electrons. The van der Waals surface area contributed by atoms with Crippen LogP contribution in [0.1, 0.15) is 25.4 Å². The van der Waals surface area contributed by atoms with Crippen LogP contribution in [-0.4, -0.2) is 37.7 Å². The van der Waals surface area contributed by atoms with E-state index in [0.717, 1.165) is 23.9 Å². The number of esters is 1. The lowest BCUT2D eigenvalue weighted by Crippen LogP contribution is -2.09. The third kappa shape index (κ3) is 3.87. The first-order chi connectivity index (χ1) is 10.2. The van der Waals surface area contributed by atoms with Gasteiger partial charge in [0.25, 0.3) is 0 Å². The Morgan fingerprint density at radius 1 is 1.38 bits per heavy atom. The van der Waals surface area contributed by atoms with Gasteiger partial charge in [-0.15, -0.1) is 10.2 Å².